The van der Waals surface area contributed by atoms with E-state index in [4.69, 9.17) is 4.74 Å². The van der Waals surface area contributed by atoms with Gasteiger partial charge in [-0.1, -0.05) is 12.1 Å². The second kappa shape index (κ2) is 3.22. The van der Waals surface area contributed by atoms with Crippen molar-refractivity contribution >= 4 is 0 Å². The van der Waals surface area contributed by atoms with Gasteiger partial charge in [0.25, 0.3) is 0 Å². The molecule has 1 atom stereocenters. The van der Waals surface area contributed by atoms with Gasteiger partial charge in [0.2, 0.25) is 0 Å². The Labute approximate surface area is 71.2 Å². The predicted molar refractivity (Wildman–Crippen MR) is 46.3 cm³/mol. The Morgan fingerprint density at radius 2 is 2.25 bits per heavy atom. The first kappa shape index (κ1) is 7.10. The average Bonchev–Trinajstić information content (AvgIpc) is 2.21. The molecule has 2 heterocycles. The molecule has 0 radical (unpaired) electrons. The number of hydrogen-bond donors (Lipinski definition) is 0. The van der Waals surface area contributed by atoms with Crippen molar-refractivity contribution in [2.45, 2.75) is 6.10 Å². The first-order valence-corrected chi connectivity index (χ1v) is 3.86. The summed E-state index contributed by atoms with van der Waals surface area (Å²) in [7, 11) is 0. The Morgan fingerprint density at radius 3 is 2.92 bits per heavy atom. The van der Waals surface area contributed by atoms with Crippen molar-refractivity contribution in [3.8, 4) is 0 Å². The summed E-state index contributed by atoms with van der Waals surface area (Å²) >= 11 is 0. The third-order valence-electron chi connectivity index (χ3n) is 1.68. The van der Waals surface area contributed by atoms with Gasteiger partial charge in [-0.3, -0.25) is 4.98 Å². The molecule has 1 aromatic heterocycles. The van der Waals surface area contributed by atoms with Gasteiger partial charge in [-0.05, 0) is 24.3 Å². The maximum Gasteiger partial charge on any atom is 0.158 e. The average molecular weight is 159 g/mol. The van der Waals surface area contributed by atoms with Gasteiger partial charge >= 0.3 is 0 Å². The van der Waals surface area contributed by atoms with E-state index in [2.05, 4.69) is 4.98 Å². The zero-order valence-corrected chi connectivity index (χ0v) is 6.55. The lowest BCUT2D eigenvalue weighted by Crippen LogP contribution is -2.00. The highest BCUT2D eigenvalue weighted by atomic mass is 16.5. The number of aromatic nitrogens is 1. The van der Waals surface area contributed by atoms with E-state index >= 15 is 0 Å². The largest absolute Gasteiger partial charge is 0.488 e. The van der Waals surface area contributed by atoms with Crippen molar-refractivity contribution in [3.63, 3.8) is 0 Å². The predicted octanol–water partition coefficient (Wildman–Crippen LogP) is 2.22. The van der Waals surface area contributed by atoms with Crippen LogP contribution in [0, 0.1) is 0 Å². The number of allylic oxidation sites excluding steroid dienone is 2. The van der Waals surface area contributed by atoms with E-state index < -0.39 is 0 Å². The monoisotopic (exact) mass is 159 g/mol. The van der Waals surface area contributed by atoms with Gasteiger partial charge in [-0.15, -0.1) is 0 Å². The van der Waals surface area contributed by atoms with Gasteiger partial charge in [0.15, 0.2) is 6.10 Å². The molecule has 12 heavy (non-hydrogen) atoms. The van der Waals surface area contributed by atoms with Crippen molar-refractivity contribution in [1.82, 2.24) is 4.98 Å². The smallest absolute Gasteiger partial charge is 0.158 e. The molecule has 2 heteroatoms. The zero-order valence-electron chi connectivity index (χ0n) is 6.55. The lowest BCUT2D eigenvalue weighted by Gasteiger charge is -2.13. The van der Waals surface area contributed by atoms with Crippen LogP contribution in [0.3, 0.4) is 0 Å². The molecule has 0 amide bonds. The molecule has 0 aliphatic carbocycles. The van der Waals surface area contributed by atoms with E-state index in [9.17, 15) is 0 Å². The van der Waals surface area contributed by atoms with Crippen LogP contribution in [0.4, 0.5) is 0 Å². The number of pyridine rings is 1. The topological polar surface area (TPSA) is 22.1 Å². The van der Waals surface area contributed by atoms with Crippen LogP contribution in [0.15, 0.2) is 48.9 Å². The maximum atomic E-state index is 5.33. The molecule has 0 saturated carbocycles. The number of ether oxygens (including phenoxy) is 1. The van der Waals surface area contributed by atoms with Crippen molar-refractivity contribution in [3.05, 3.63) is 54.6 Å². The van der Waals surface area contributed by atoms with E-state index in [-0.39, 0.29) is 6.10 Å². The fourth-order valence-corrected chi connectivity index (χ4v) is 1.10. The van der Waals surface area contributed by atoms with Crippen molar-refractivity contribution < 1.29 is 4.74 Å². The molecule has 0 unspecified atom stereocenters. The van der Waals surface area contributed by atoms with Gasteiger partial charge in [0.05, 0.1) is 12.0 Å². The summed E-state index contributed by atoms with van der Waals surface area (Å²) in [5.74, 6) is 0. The molecule has 0 aromatic carbocycles. The molecule has 2 nitrogen and oxygen atoms in total. The summed E-state index contributed by atoms with van der Waals surface area (Å²) in [5.41, 5.74) is 0.943. The number of nitrogens with zero attached hydrogens (tertiary/aromatic N) is 1. The highest BCUT2D eigenvalue weighted by Gasteiger charge is 2.08. The molecule has 60 valence electrons. The first-order chi connectivity index (χ1) is 5.97. The lowest BCUT2D eigenvalue weighted by atomic mass is 10.2. The quantitative estimate of drug-likeness (QED) is 0.626. The van der Waals surface area contributed by atoms with Crippen LogP contribution in [0.25, 0.3) is 0 Å². The molecule has 0 fully saturated rings. The van der Waals surface area contributed by atoms with Gasteiger partial charge in [-0.2, -0.15) is 0 Å². The molecule has 0 spiro atoms. The Bertz CT molecular complexity index is 303. The maximum absolute atomic E-state index is 5.33. The summed E-state index contributed by atoms with van der Waals surface area (Å²) in [5, 5.41) is 0. The Kier molecular flexibility index (Phi) is 1.90. The third-order valence-corrected chi connectivity index (χ3v) is 1.68. The molecular formula is C10H9NO. The van der Waals surface area contributed by atoms with Crippen LogP contribution in [0.5, 0.6) is 0 Å². The van der Waals surface area contributed by atoms with Crippen LogP contribution >= 0.6 is 0 Å². The Balaban J connectivity index is 2.21. The second-order valence-electron chi connectivity index (χ2n) is 2.52. The summed E-state index contributed by atoms with van der Waals surface area (Å²) in [6, 6.07) is 5.80. The van der Waals surface area contributed by atoms with E-state index in [0.717, 1.165) is 5.69 Å². The Hall–Kier alpha value is -1.57. The zero-order chi connectivity index (χ0) is 8.23. The summed E-state index contributed by atoms with van der Waals surface area (Å²) < 4.78 is 5.33. The minimum Gasteiger partial charge on any atom is -0.488 e. The fourth-order valence-electron chi connectivity index (χ4n) is 1.10. The molecule has 0 bridgehead atoms. The van der Waals surface area contributed by atoms with Gasteiger partial charge in [0, 0.05) is 6.20 Å². The van der Waals surface area contributed by atoms with E-state index in [1.807, 2.05) is 36.4 Å². The van der Waals surface area contributed by atoms with E-state index in [1.54, 1.807) is 12.5 Å². The molecular weight excluding hydrogens is 150 g/mol. The molecule has 1 aliphatic heterocycles. The van der Waals surface area contributed by atoms with Crippen LogP contribution in [-0.4, -0.2) is 4.98 Å². The number of hydrogen-bond acceptors (Lipinski definition) is 2. The third kappa shape index (κ3) is 1.37. The highest BCUT2D eigenvalue weighted by molar-refractivity contribution is 5.17. The molecule has 1 aliphatic rings. The summed E-state index contributed by atoms with van der Waals surface area (Å²) in [6.45, 7) is 0. The van der Waals surface area contributed by atoms with Crippen LogP contribution in [0.1, 0.15) is 11.8 Å². The first-order valence-electron chi connectivity index (χ1n) is 3.86. The normalized spacial score (nSPS) is 20.5. The lowest BCUT2D eigenvalue weighted by molar-refractivity contribution is 0.182. The van der Waals surface area contributed by atoms with Crippen LogP contribution < -0.4 is 0 Å². The highest BCUT2D eigenvalue weighted by Crippen LogP contribution is 2.18. The standard InChI is InChI=1S/C10H9NO/c1-3-7-11-9(5-1)10-6-2-4-8-12-10/h1-8,10H/t10-/m1/s1. The van der Waals surface area contributed by atoms with Crippen molar-refractivity contribution in [2.75, 3.05) is 0 Å². The van der Waals surface area contributed by atoms with Crippen molar-refractivity contribution in [1.29, 1.82) is 0 Å². The fraction of sp³-hybridized carbons (Fsp3) is 0.100. The molecule has 1 aromatic rings. The Morgan fingerprint density at radius 1 is 1.25 bits per heavy atom. The minimum atomic E-state index is -0.0174. The summed E-state index contributed by atoms with van der Waals surface area (Å²) in [4.78, 5) is 4.19. The van der Waals surface area contributed by atoms with Crippen LogP contribution in [-0.2, 0) is 4.74 Å². The van der Waals surface area contributed by atoms with Gasteiger partial charge < -0.3 is 4.74 Å². The SMILES string of the molecule is C1=CO[C@@H](c2ccccn2)C=C1. The molecule has 0 saturated heterocycles. The van der Waals surface area contributed by atoms with Gasteiger partial charge in [-0.25, -0.2) is 0 Å². The molecule has 0 N–H and O–H groups in total. The van der Waals surface area contributed by atoms with E-state index in [1.165, 1.54) is 0 Å². The van der Waals surface area contributed by atoms with Crippen molar-refractivity contribution in [2.24, 2.45) is 0 Å². The van der Waals surface area contributed by atoms with E-state index in [0.29, 0.717) is 0 Å². The van der Waals surface area contributed by atoms with Gasteiger partial charge in [0.1, 0.15) is 0 Å². The minimum absolute atomic E-state index is 0.0174. The number of rotatable bonds is 1. The molecule has 2 rings (SSSR count). The van der Waals surface area contributed by atoms with Crippen LogP contribution in [0.2, 0.25) is 0 Å². The second-order valence-corrected chi connectivity index (χ2v) is 2.52. The summed E-state index contributed by atoms with van der Waals surface area (Å²) in [6.07, 6.45) is 9.23.